The van der Waals surface area contributed by atoms with E-state index in [0.717, 1.165) is 6.42 Å². The molecule has 1 N–H and O–H groups in total. The van der Waals surface area contributed by atoms with Gasteiger partial charge in [-0.05, 0) is 38.9 Å². The third kappa shape index (κ3) is 2.21. The molecule has 0 aromatic rings. The molecule has 1 unspecified atom stereocenters. The standard InChI is InChI=1S/C11H24OS/c1-8-9(2,3)11(6,12)10(4,5)13-7/h12H,8H2,1-7H3. The predicted molar refractivity (Wildman–Crippen MR) is 62.3 cm³/mol. The first kappa shape index (κ1) is 13.3. The maximum Gasteiger partial charge on any atom is 0.0810 e. The molecule has 0 aromatic heterocycles. The minimum Gasteiger partial charge on any atom is -0.388 e. The molecule has 0 fully saturated rings. The normalized spacial score (nSPS) is 18.5. The van der Waals surface area contributed by atoms with Gasteiger partial charge in [-0.15, -0.1) is 0 Å². The first-order valence-electron chi connectivity index (χ1n) is 4.90. The first-order chi connectivity index (χ1) is 5.62. The highest BCUT2D eigenvalue weighted by molar-refractivity contribution is 8.00. The zero-order chi connectivity index (χ0) is 10.9. The monoisotopic (exact) mass is 204 g/mol. The Kier molecular flexibility index (Phi) is 3.91. The van der Waals surface area contributed by atoms with Crippen LogP contribution in [0.1, 0.15) is 48.0 Å². The van der Waals surface area contributed by atoms with E-state index in [2.05, 4.69) is 40.9 Å². The van der Waals surface area contributed by atoms with Gasteiger partial charge < -0.3 is 5.11 Å². The predicted octanol–water partition coefficient (Wildman–Crippen LogP) is 3.32. The lowest BCUT2D eigenvalue weighted by molar-refractivity contribution is -0.0756. The molecule has 0 aliphatic carbocycles. The molecule has 0 aliphatic heterocycles. The minimum atomic E-state index is -0.645. The van der Waals surface area contributed by atoms with Crippen LogP contribution in [-0.4, -0.2) is 21.7 Å². The molecule has 0 saturated carbocycles. The van der Waals surface area contributed by atoms with Gasteiger partial charge in [-0.25, -0.2) is 0 Å². The molecule has 1 nitrogen and oxygen atoms in total. The molecule has 1 atom stereocenters. The molecule has 0 bridgehead atoms. The molecule has 0 heterocycles. The van der Waals surface area contributed by atoms with E-state index in [1.54, 1.807) is 11.8 Å². The second kappa shape index (κ2) is 3.82. The summed E-state index contributed by atoms with van der Waals surface area (Å²) in [4.78, 5) is 0. The molecule has 0 spiro atoms. The molecule has 2 heteroatoms. The Balaban J connectivity index is 4.95. The van der Waals surface area contributed by atoms with E-state index in [1.165, 1.54) is 0 Å². The largest absolute Gasteiger partial charge is 0.388 e. The minimum absolute atomic E-state index is 0.0422. The smallest absolute Gasteiger partial charge is 0.0810 e. The fourth-order valence-corrected chi connectivity index (χ4v) is 2.03. The van der Waals surface area contributed by atoms with Crippen LogP contribution in [0.4, 0.5) is 0 Å². The van der Waals surface area contributed by atoms with Gasteiger partial charge in [-0.1, -0.05) is 20.8 Å². The highest BCUT2D eigenvalue weighted by atomic mass is 32.2. The summed E-state index contributed by atoms with van der Waals surface area (Å²) >= 11 is 1.73. The van der Waals surface area contributed by atoms with Gasteiger partial charge in [0, 0.05) is 4.75 Å². The van der Waals surface area contributed by atoms with Crippen molar-refractivity contribution in [2.45, 2.75) is 58.3 Å². The summed E-state index contributed by atoms with van der Waals surface area (Å²) in [6.07, 6.45) is 3.05. The van der Waals surface area contributed by atoms with Gasteiger partial charge in [-0.2, -0.15) is 11.8 Å². The Morgan fingerprint density at radius 2 is 1.46 bits per heavy atom. The van der Waals surface area contributed by atoms with E-state index in [9.17, 15) is 5.11 Å². The summed E-state index contributed by atoms with van der Waals surface area (Å²) in [6.45, 7) is 12.6. The van der Waals surface area contributed by atoms with Crippen LogP contribution < -0.4 is 0 Å². The number of hydrogen-bond donors (Lipinski definition) is 1. The van der Waals surface area contributed by atoms with Crippen molar-refractivity contribution in [2.24, 2.45) is 5.41 Å². The van der Waals surface area contributed by atoms with E-state index < -0.39 is 5.60 Å². The number of hydrogen-bond acceptors (Lipinski definition) is 2. The quantitative estimate of drug-likeness (QED) is 0.758. The maximum atomic E-state index is 10.5. The number of rotatable bonds is 4. The zero-order valence-corrected chi connectivity index (χ0v) is 10.9. The molecule has 0 rings (SSSR count). The highest BCUT2D eigenvalue weighted by Gasteiger charge is 2.48. The van der Waals surface area contributed by atoms with E-state index >= 15 is 0 Å². The highest BCUT2D eigenvalue weighted by Crippen LogP contribution is 2.46. The Bertz CT molecular complexity index is 153. The lowest BCUT2D eigenvalue weighted by Crippen LogP contribution is -2.55. The SMILES string of the molecule is CCC(C)(C)C(C)(O)C(C)(C)SC. The Morgan fingerprint density at radius 1 is 1.08 bits per heavy atom. The maximum absolute atomic E-state index is 10.5. The third-order valence-electron chi connectivity index (χ3n) is 3.88. The lowest BCUT2D eigenvalue weighted by Gasteiger charge is -2.49. The van der Waals surface area contributed by atoms with Crippen molar-refractivity contribution >= 4 is 11.8 Å². The summed E-state index contributed by atoms with van der Waals surface area (Å²) in [7, 11) is 0. The van der Waals surface area contributed by atoms with Crippen LogP contribution in [0.25, 0.3) is 0 Å². The van der Waals surface area contributed by atoms with Crippen LogP contribution in [0.15, 0.2) is 0 Å². The van der Waals surface area contributed by atoms with Crippen LogP contribution in [-0.2, 0) is 0 Å². The molecular weight excluding hydrogens is 180 g/mol. The molecule has 0 amide bonds. The molecule has 0 saturated heterocycles. The van der Waals surface area contributed by atoms with Crippen LogP contribution in [0.3, 0.4) is 0 Å². The second-order valence-corrected chi connectivity index (χ2v) is 6.45. The van der Waals surface area contributed by atoms with Crippen LogP contribution in [0.2, 0.25) is 0 Å². The van der Waals surface area contributed by atoms with Crippen molar-refractivity contribution in [2.75, 3.05) is 6.26 Å². The summed E-state index contributed by atoms with van der Waals surface area (Å²) < 4.78 is -0.105. The topological polar surface area (TPSA) is 20.2 Å². The van der Waals surface area contributed by atoms with Crippen molar-refractivity contribution in [3.63, 3.8) is 0 Å². The number of thioether (sulfide) groups is 1. The van der Waals surface area contributed by atoms with Crippen molar-refractivity contribution in [3.05, 3.63) is 0 Å². The van der Waals surface area contributed by atoms with E-state index in [-0.39, 0.29) is 10.2 Å². The first-order valence-corrected chi connectivity index (χ1v) is 6.12. The number of aliphatic hydroxyl groups is 1. The van der Waals surface area contributed by atoms with Crippen molar-refractivity contribution in [1.29, 1.82) is 0 Å². The summed E-state index contributed by atoms with van der Waals surface area (Å²) in [6, 6.07) is 0. The van der Waals surface area contributed by atoms with Gasteiger partial charge in [0.1, 0.15) is 0 Å². The van der Waals surface area contributed by atoms with Gasteiger partial charge in [0.05, 0.1) is 5.60 Å². The fourth-order valence-electron chi connectivity index (χ4n) is 1.36. The molecule has 80 valence electrons. The van der Waals surface area contributed by atoms with E-state index in [4.69, 9.17) is 0 Å². The lowest BCUT2D eigenvalue weighted by atomic mass is 9.68. The van der Waals surface area contributed by atoms with Crippen molar-refractivity contribution < 1.29 is 5.11 Å². The van der Waals surface area contributed by atoms with Crippen molar-refractivity contribution in [3.8, 4) is 0 Å². The summed E-state index contributed by atoms with van der Waals surface area (Å²) in [5.74, 6) is 0. The van der Waals surface area contributed by atoms with E-state index in [1.807, 2.05) is 6.92 Å². The van der Waals surface area contributed by atoms with Crippen LogP contribution in [0, 0.1) is 5.41 Å². The van der Waals surface area contributed by atoms with Crippen LogP contribution in [0.5, 0.6) is 0 Å². The van der Waals surface area contributed by atoms with Gasteiger partial charge in [0.15, 0.2) is 0 Å². The molecular formula is C11H24OS. The van der Waals surface area contributed by atoms with Gasteiger partial charge >= 0.3 is 0 Å². The van der Waals surface area contributed by atoms with Gasteiger partial charge in [0.2, 0.25) is 0 Å². The fraction of sp³-hybridized carbons (Fsp3) is 1.00. The third-order valence-corrected chi connectivity index (χ3v) is 5.30. The summed E-state index contributed by atoms with van der Waals surface area (Å²) in [5.41, 5.74) is -0.687. The summed E-state index contributed by atoms with van der Waals surface area (Å²) in [5, 5.41) is 10.5. The zero-order valence-electron chi connectivity index (χ0n) is 10.1. The molecule has 0 aromatic carbocycles. The second-order valence-electron chi connectivity index (χ2n) is 5.02. The Hall–Kier alpha value is 0.310. The van der Waals surface area contributed by atoms with Gasteiger partial charge in [0.25, 0.3) is 0 Å². The average Bonchev–Trinajstić information content (AvgIpc) is 2.03. The molecule has 0 aliphatic rings. The van der Waals surface area contributed by atoms with Gasteiger partial charge in [-0.3, -0.25) is 0 Å². The molecule has 13 heavy (non-hydrogen) atoms. The van der Waals surface area contributed by atoms with E-state index in [0.29, 0.717) is 0 Å². The van der Waals surface area contributed by atoms with Crippen LogP contribution >= 0.6 is 11.8 Å². The Labute approximate surface area is 87.3 Å². The molecule has 0 radical (unpaired) electrons. The van der Waals surface area contributed by atoms with Crippen molar-refractivity contribution in [1.82, 2.24) is 0 Å². The Morgan fingerprint density at radius 3 is 1.69 bits per heavy atom. The average molecular weight is 204 g/mol.